The van der Waals surface area contributed by atoms with E-state index < -0.39 is 61.1 Å². The highest BCUT2D eigenvalue weighted by Crippen LogP contribution is 2.17. The number of hydrogen-bond donors (Lipinski definition) is 4. The van der Waals surface area contributed by atoms with Crippen LogP contribution < -0.4 is 0 Å². The van der Waals surface area contributed by atoms with E-state index in [4.69, 9.17) is 15.3 Å². The Labute approximate surface area is 111 Å². The van der Waals surface area contributed by atoms with Crippen LogP contribution in [0.25, 0.3) is 0 Å². The summed E-state index contributed by atoms with van der Waals surface area (Å²) >= 11 is 0. The van der Waals surface area contributed by atoms with Gasteiger partial charge in [0.05, 0.1) is 25.7 Å². The molecule has 0 aliphatic carbocycles. The Morgan fingerprint density at radius 3 is 1.75 bits per heavy atom. The molecule has 0 aromatic heterocycles. The van der Waals surface area contributed by atoms with E-state index in [1.165, 1.54) is 0 Å². The third kappa shape index (κ3) is 6.44. The van der Waals surface area contributed by atoms with Crippen LogP contribution in [-0.4, -0.2) is 55.9 Å². The number of hydrogen-bond acceptors (Lipinski definition) is 7. The molecule has 0 rings (SSSR count). The van der Waals surface area contributed by atoms with Gasteiger partial charge in [-0.3, -0.25) is 19.2 Å². The van der Waals surface area contributed by atoms with Gasteiger partial charge in [-0.05, 0) is 0 Å². The van der Waals surface area contributed by atoms with Crippen molar-refractivity contribution in [3.8, 4) is 0 Å². The van der Waals surface area contributed by atoms with Gasteiger partial charge in [-0.2, -0.15) is 0 Å². The van der Waals surface area contributed by atoms with Gasteiger partial charge < -0.3 is 25.2 Å². The molecule has 10 heteroatoms. The predicted molar refractivity (Wildman–Crippen MR) is 57.4 cm³/mol. The summed E-state index contributed by atoms with van der Waals surface area (Å²) in [6, 6.07) is 0. The van der Waals surface area contributed by atoms with Gasteiger partial charge in [0, 0.05) is 0 Å². The zero-order valence-electron chi connectivity index (χ0n) is 10.1. The summed E-state index contributed by atoms with van der Waals surface area (Å²) in [7, 11) is 0. The Morgan fingerprint density at radius 1 is 0.800 bits per heavy atom. The Balaban J connectivity index is 4.55. The van der Waals surface area contributed by atoms with Crippen molar-refractivity contribution in [2.75, 3.05) is 0 Å². The molecule has 0 aromatic carbocycles. The number of esters is 2. The van der Waals surface area contributed by atoms with Crippen molar-refractivity contribution in [3.63, 3.8) is 0 Å². The third-order valence-electron chi connectivity index (χ3n) is 2.05. The lowest BCUT2D eigenvalue weighted by Gasteiger charge is -2.19. The monoisotopic (exact) mass is 292 g/mol. The third-order valence-corrected chi connectivity index (χ3v) is 2.05. The average Bonchev–Trinajstić information content (AvgIpc) is 2.24. The van der Waals surface area contributed by atoms with Gasteiger partial charge in [-0.25, -0.2) is 4.79 Å². The quantitative estimate of drug-likeness (QED) is 0.307. The maximum Gasteiger partial charge on any atom is 0.336 e. The van der Waals surface area contributed by atoms with E-state index in [2.05, 4.69) is 4.74 Å². The molecule has 0 bridgehead atoms. The van der Waals surface area contributed by atoms with Crippen molar-refractivity contribution >= 4 is 29.8 Å². The van der Waals surface area contributed by atoms with Crippen LogP contribution in [0.5, 0.6) is 0 Å². The van der Waals surface area contributed by atoms with Crippen LogP contribution in [0.4, 0.5) is 0 Å². The van der Waals surface area contributed by atoms with E-state index in [1.807, 2.05) is 0 Å². The van der Waals surface area contributed by atoms with Crippen molar-refractivity contribution in [1.29, 1.82) is 0 Å². The Hall–Kier alpha value is -2.49. The molecule has 0 saturated carbocycles. The molecule has 20 heavy (non-hydrogen) atoms. The minimum absolute atomic E-state index is 0.593. The van der Waals surface area contributed by atoms with E-state index in [1.54, 1.807) is 0 Å². The molecule has 0 aliphatic rings. The summed E-state index contributed by atoms with van der Waals surface area (Å²) in [5, 5.41) is 34.8. The molecule has 4 N–H and O–H groups in total. The number of ether oxygens (including phenoxy) is 1. The Morgan fingerprint density at radius 2 is 1.35 bits per heavy atom. The molecule has 0 fully saturated rings. The first-order chi connectivity index (χ1) is 9.06. The first-order valence-electron chi connectivity index (χ1n) is 5.19. The zero-order chi connectivity index (χ0) is 15.9. The summed E-state index contributed by atoms with van der Waals surface area (Å²) in [5.74, 6) is -7.62. The second-order valence-electron chi connectivity index (χ2n) is 3.82. The highest BCUT2D eigenvalue weighted by Gasteiger charge is 2.41. The van der Waals surface area contributed by atoms with Crippen LogP contribution >= 0.6 is 0 Å². The summed E-state index contributed by atoms with van der Waals surface area (Å²) < 4.78 is 4.07. The lowest BCUT2D eigenvalue weighted by Crippen LogP contribution is -2.43. The SMILES string of the molecule is O=C(O)CCC(=O)OC(=O)CC(O)(CC(=O)O)C(=O)O. The molecule has 0 radical (unpaired) electrons. The first-order valence-corrected chi connectivity index (χ1v) is 5.19. The minimum atomic E-state index is -2.91. The number of carboxylic acid groups (broad SMARTS) is 3. The lowest BCUT2D eigenvalue weighted by molar-refractivity contribution is -0.174. The fraction of sp³-hybridized carbons (Fsp3) is 0.500. The molecule has 1 atom stereocenters. The molecular weight excluding hydrogens is 280 g/mol. The number of carboxylic acids is 3. The van der Waals surface area contributed by atoms with Crippen LogP contribution in [-0.2, 0) is 28.7 Å². The molecule has 112 valence electrons. The van der Waals surface area contributed by atoms with Gasteiger partial charge in [-0.1, -0.05) is 0 Å². The lowest BCUT2D eigenvalue weighted by atomic mass is 9.96. The van der Waals surface area contributed by atoms with Crippen LogP contribution in [0.1, 0.15) is 25.7 Å². The molecule has 0 spiro atoms. The molecule has 0 saturated heterocycles. The minimum Gasteiger partial charge on any atom is -0.481 e. The summed E-state index contributed by atoms with van der Waals surface area (Å²) in [4.78, 5) is 53.4. The smallest absolute Gasteiger partial charge is 0.336 e. The molecular formula is C10H12O10. The Kier molecular flexibility index (Phi) is 6.29. The van der Waals surface area contributed by atoms with Crippen LogP contribution in [0.15, 0.2) is 0 Å². The second-order valence-corrected chi connectivity index (χ2v) is 3.82. The topological polar surface area (TPSA) is 175 Å². The molecule has 0 aliphatic heterocycles. The maximum absolute atomic E-state index is 11.2. The standard InChI is InChI=1S/C10H12O10/c11-5(12)1-2-7(15)20-8(16)4-10(19,9(17)18)3-6(13)14/h19H,1-4H2,(H,11,12)(H,13,14)(H,17,18). The van der Waals surface area contributed by atoms with Crippen molar-refractivity contribution in [1.82, 2.24) is 0 Å². The number of carbonyl (C=O) groups excluding carboxylic acids is 2. The van der Waals surface area contributed by atoms with Gasteiger partial charge in [0.2, 0.25) is 0 Å². The zero-order valence-corrected chi connectivity index (χ0v) is 10.1. The molecule has 0 aromatic rings. The summed E-state index contributed by atoms with van der Waals surface area (Å²) in [5.41, 5.74) is -2.91. The van der Waals surface area contributed by atoms with Crippen molar-refractivity contribution in [2.24, 2.45) is 0 Å². The van der Waals surface area contributed by atoms with E-state index in [-0.39, 0.29) is 0 Å². The van der Waals surface area contributed by atoms with E-state index in [9.17, 15) is 29.1 Å². The summed E-state index contributed by atoms with van der Waals surface area (Å²) in [6.45, 7) is 0. The van der Waals surface area contributed by atoms with Crippen molar-refractivity contribution < 1.29 is 49.1 Å². The fourth-order valence-electron chi connectivity index (χ4n) is 1.13. The second kappa shape index (κ2) is 7.19. The van der Waals surface area contributed by atoms with Gasteiger partial charge in [0.15, 0.2) is 5.60 Å². The van der Waals surface area contributed by atoms with E-state index in [0.29, 0.717) is 0 Å². The fourth-order valence-corrected chi connectivity index (χ4v) is 1.13. The largest absolute Gasteiger partial charge is 0.481 e. The molecule has 1 unspecified atom stereocenters. The van der Waals surface area contributed by atoms with Crippen molar-refractivity contribution in [2.45, 2.75) is 31.3 Å². The van der Waals surface area contributed by atoms with Gasteiger partial charge in [0.1, 0.15) is 0 Å². The number of aliphatic carboxylic acids is 3. The van der Waals surface area contributed by atoms with Crippen LogP contribution in [0, 0.1) is 0 Å². The van der Waals surface area contributed by atoms with Gasteiger partial charge in [0.25, 0.3) is 0 Å². The molecule has 10 nitrogen and oxygen atoms in total. The first kappa shape index (κ1) is 17.5. The number of carbonyl (C=O) groups is 5. The number of aliphatic hydroxyl groups is 1. The average molecular weight is 292 g/mol. The normalized spacial score (nSPS) is 13.1. The number of rotatable bonds is 8. The summed E-state index contributed by atoms with van der Waals surface area (Å²) in [6.07, 6.45) is -3.73. The van der Waals surface area contributed by atoms with Crippen molar-refractivity contribution in [3.05, 3.63) is 0 Å². The van der Waals surface area contributed by atoms with Crippen LogP contribution in [0.2, 0.25) is 0 Å². The van der Waals surface area contributed by atoms with Gasteiger partial charge >= 0.3 is 29.8 Å². The molecule has 0 heterocycles. The van der Waals surface area contributed by atoms with Gasteiger partial charge in [-0.15, -0.1) is 0 Å². The predicted octanol–water partition coefficient (Wildman–Crippen LogP) is -1.40. The maximum atomic E-state index is 11.2. The van der Waals surface area contributed by atoms with E-state index >= 15 is 0 Å². The van der Waals surface area contributed by atoms with Crippen LogP contribution in [0.3, 0.4) is 0 Å². The molecule has 0 amide bonds. The highest BCUT2D eigenvalue weighted by atomic mass is 16.6. The Bertz CT molecular complexity index is 439. The highest BCUT2D eigenvalue weighted by molar-refractivity contribution is 5.92. The van der Waals surface area contributed by atoms with E-state index in [0.717, 1.165) is 0 Å².